The molecule has 0 bridgehead atoms. The van der Waals surface area contributed by atoms with Crippen molar-refractivity contribution in [2.24, 2.45) is 5.92 Å². The molecule has 3 aromatic carbocycles. The molecule has 3 aromatic rings. The van der Waals surface area contributed by atoms with E-state index in [-0.39, 0.29) is 6.42 Å². The average molecular weight is 358 g/mol. The molecule has 0 aliphatic rings. The average Bonchev–Trinajstić information content (AvgIpc) is 2.73. The summed E-state index contributed by atoms with van der Waals surface area (Å²) in [7, 11) is 0. The molecule has 4 heteroatoms. The van der Waals surface area contributed by atoms with Crippen LogP contribution in [0, 0.1) is 5.92 Å². The van der Waals surface area contributed by atoms with Crippen LogP contribution >= 0.6 is 0 Å². The Morgan fingerprint density at radius 2 is 1.04 bits per heavy atom. The molecule has 0 amide bonds. The van der Waals surface area contributed by atoms with Gasteiger partial charge in [-0.3, -0.25) is 14.4 Å². The van der Waals surface area contributed by atoms with E-state index >= 15 is 0 Å². The zero-order valence-electron chi connectivity index (χ0n) is 14.6. The first kappa shape index (κ1) is 18.3. The summed E-state index contributed by atoms with van der Waals surface area (Å²) in [4.78, 5) is 38.2. The lowest BCUT2D eigenvalue weighted by Crippen LogP contribution is -2.28. The minimum Gasteiger partial charge on any atom is -0.427 e. The largest absolute Gasteiger partial charge is 0.427 e. The van der Waals surface area contributed by atoms with E-state index in [4.69, 9.17) is 4.74 Å². The van der Waals surface area contributed by atoms with Gasteiger partial charge in [0.2, 0.25) is 0 Å². The fraction of sp³-hybridized carbons (Fsp3) is 0.0870. The zero-order valence-corrected chi connectivity index (χ0v) is 14.6. The molecular formula is C23H18O4. The van der Waals surface area contributed by atoms with Gasteiger partial charge in [0.25, 0.3) is 0 Å². The first-order chi connectivity index (χ1) is 13.1. The van der Waals surface area contributed by atoms with Gasteiger partial charge < -0.3 is 4.74 Å². The molecule has 0 aliphatic carbocycles. The second kappa shape index (κ2) is 8.72. The van der Waals surface area contributed by atoms with Crippen molar-refractivity contribution in [3.8, 4) is 5.75 Å². The summed E-state index contributed by atoms with van der Waals surface area (Å²) in [5.41, 5.74) is 0.776. The summed E-state index contributed by atoms with van der Waals surface area (Å²) < 4.78 is 5.27. The van der Waals surface area contributed by atoms with Crippen molar-refractivity contribution in [3.05, 3.63) is 102 Å². The lowest BCUT2D eigenvalue weighted by Gasteiger charge is -2.14. The second-order valence-corrected chi connectivity index (χ2v) is 6.00. The van der Waals surface area contributed by atoms with Crippen LogP contribution in [0.1, 0.15) is 27.1 Å². The quantitative estimate of drug-likeness (QED) is 0.272. The smallest absolute Gasteiger partial charge is 0.312 e. The zero-order chi connectivity index (χ0) is 19.1. The van der Waals surface area contributed by atoms with Crippen molar-refractivity contribution in [2.75, 3.05) is 0 Å². The number of Topliss-reactive ketones (excluding diaryl/α,β-unsaturated/α-hetero) is 2. The Hall–Kier alpha value is -3.53. The van der Waals surface area contributed by atoms with E-state index in [1.165, 1.54) is 0 Å². The van der Waals surface area contributed by atoms with Crippen LogP contribution in [-0.4, -0.2) is 17.5 Å². The molecule has 0 aliphatic heterocycles. The summed E-state index contributed by atoms with van der Waals surface area (Å²) >= 11 is 0. The van der Waals surface area contributed by atoms with Crippen LogP contribution in [0.15, 0.2) is 91.0 Å². The lowest BCUT2D eigenvalue weighted by molar-refractivity contribution is -0.134. The Bertz CT molecular complexity index is 867. The van der Waals surface area contributed by atoms with E-state index in [0.29, 0.717) is 16.9 Å². The maximum Gasteiger partial charge on any atom is 0.312 e. The summed E-state index contributed by atoms with van der Waals surface area (Å²) in [6.45, 7) is 0. The van der Waals surface area contributed by atoms with Crippen LogP contribution in [-0.2, 0) is 4.79 Å². The number of para-hydroxylation sites is 1. The molecule has 0 saturated carbocycles. The Balaban J connectivity index is 1.84. The van der Waals surface area contributed by atoms with E-state index in [1.54, 1.807) is 91.0 Å². The van der Waals surface area contributed by atoms with Gasteiger partial charge >= 0.3 is 5.97 Å². The normalized spacial score (nSPS) is 10.4. The Labute approximate surface area is 157 Å². The molecule has 3 rings (SSSR count). The highest BCUT2D eigenvalue weighted by Crippen LogP contribution is 2.20. The Morgan fingerprint density at radius 3 is 1.48 bits per heavy atom. The highest BCUT2D eigenvalue weighted by molar-refractivity contribution is 6.17. The monoisotopic (exact) mass is 358 g/mol. The van der Waals surface area contributed by atoms with Gasteiger partial charge in [0.05, 0.1) is 12.3 Å². The van der Waals surface area contributed by atoms with Crippen molar-refractivity contribution >= 4 is 17.5 Å². The third kappa shape index (κ3) is 4.76. The number of rotatable bonds is 7. The maximum absolute atomic E-state index is 12.9. The number of benzene rings is 3. The molecule has 0 spiro atoms. The van der Waals surface area contributed by atoms with E-state index in [1.807, 2.05) is 0 Å². The first-order valence-electron chi connectivity index (χ1n) is 8.59. The molecule has 0 aromatic heterocycles. The third-order valence-corrected chi connectivity index (χ3v) is 4.10. The van der Waals surface area contributed by atoms with E-state index in [0.717, 1.165) is 0 Å². The summed E-state index contributed by atoms with van der Waals surface area (Å²) in [5.74, 6) is -2.17. The van der Waals surface area contributed by atoms with Crippen LogP contribution in [0.2, 0.25) is 0 Å². The van der Waals surface area contributed by atoms with E-state index < -0.39 is 23.5 Å². The van der Waals surface area contributed by atoms with Gasteiger partial charge in [0.15, 0.2) is 11.6 Å². The molecule has 27 heavy (non-hydrogen) atoms. The first-order valence-corrected chi connectivity index (χ1v) is 8.59. The molecule has 4 nitrogen and oxygen atoms in total. The number of esters is 1. The van der Waals surface area contributed by atoms with Crippen LogP contribution in [0.4, 0.5) is 0 Å². The molecule has 0 N–H and O–H groups in total. The van der Waals surface area contributed by atoms with Crippen LogP contribution in [0.25, 0.3) is 0 Å². The molecule has 134 valence electrons. The van der Waals surface area contributed by atoms with Crippen LogP contribution in [0.3, 0.4) is 0 Å². The van der Waals surface area contributed by atoms with Crippen molar-refractivity contribution in [1.29, 1.82) is 0 Å². The molecule has 0 radical (unpaired) electrons. The molecule has 0 heterocycles. The number of carbonyl (C=O) groups is 3. The second-order valence-electron chi connectivity index (χ2n) is 6.00. The van der Waals surface area contributed by atoms with E-state index in [2.05, 4.69) is 0 Å². The van der Waals surface area contributed by atoms with Crippen molar-refractivity contribution in [3.63, 3.8) is 0 Å². The minimum absolute atomic E-state index is 0.323. The third-order valence-electron chi connectivity index (χ3n) is 4.10. The van der Waals surface area contributed by atoms with Crippen molar-refractivity contribution in [2.45, 2.75) is 6.42 Å². The van der Waals surface area contributed by atoms with Crippen LogP contribution in [0.5, 0.6) is 5.75 Å². The van der Waals surface area contributed by atoms with Gasteiger partial charge in [-0.2, -0.15) is 0 Å². The van der Waals surface area contributed by atoms with Crippen LogP contribution < -0.4 is 4.74 Å². The predicted molar refractivity (Wildman–Crippen MR) is 102 cm³/mol. The predicted octanol–water partition coefficient (Wildman–Crippen LogP) is 4.36. The standard InChI is InChI=1S/C23H18O4/c24-21(27-19-14-8-3-9-15-19)16-20(22(25)17-10-4-1-5-11-17)23(26)18-12-6-2-7-13-18/h1-15,20H,16H2. The summed E-state index contributed by atoms with van der Waals surface area (Å²) in [6.07, 6.45) is -0.323. The number of hydrogen-bond acceptors (Lipinski definition) is 4. The number of carbonyl (C=O) groups excluding carboxylic acids is 3. The highest BCUT2D eigenvalue weighted by Gasteiger charge is 2.31. The topological polar surface area (TPSA) is 60.4 Å². The molecular weight excluding hydrogens is 340 g/mol. The Kier molecular flexibility index (Phi) is 5.90. The van der Waals surface area contributed by atoms with Gasteiger partial charge in [-0.1, -0.05) is 78.9 Å². The highest BCUT2D eigenvalue weighted by atomic mass is 16.5. The van der Waals surface area contributed by atoms with Crippen molar-refractivity contribution < 1.29 is 19.1 Å². The van der Waals surface area contributed by atoms with E-state index in [9.17, 15) is 14.4 Å². The number of ether oxygens (including phenoxy) is 1. The number of ketones is 2. The van der Waals surface area contributed by atoms with Gasteiger partial charge in [-0.15, -0.1) is 0 Å². The van der Waals surface area contributed by atoms with Gasteiger partial charge in [-0.05, 0) is 12.1 Å². The van der Waals surface area contributed by atoms with Crippen molar-refractivity contribution in [1.82, 2.24) is 0 Å². The summed E-state index contributed by atoms with van der Waals surface area (Å²) in [5, 5.41) is 0. The molecule has 0 fully saturated rings. The van der Waals surface area contributed by atoms with Gasteiger partial charge in [0.1, 0.15) is 5.75 Å². The Morgan fingerprint density at radius 1 is 0.630 bits per heavy atom. The molecule has 0 unspecified atom stereocenters. The lowest BCUT2D eigenvalue weighted by atomic mass is 9.87. The summed E-state index contributed by atoms with van der Waals surface area (Å²) in [6, 6.07) is 25.6. The maximum atomic E-state index is 12.9. The molecule has 0 atom stereocenters. The SMILES string of the molecule is O=C(CC(C(=O)c1ccccc1)C(=O)c1ccccc1)Oc1ccccc1. The van der Waals surface area contributed by atoms with Gasteiger partial charge in [0, 0.05) is 11.1 Å². The van der Waals surface area contributed by atoms with Gasteiger partial charge in [-0.25, -0.2) is 0 Å². The number of hydrogen-bond donors (Lipinski definition) is 0. The fourth-order valence-electron chi connectivity index (χ4n) is 2.74. The fourth-order valence-corrected chi connectivity index (χ4v) is 2.74. The molecule has 0 saturated heterocycles. The minimum atomic E-state index is -1.13.